The molecule has 32 heavy (non-hydrogen) atoms. The van der Waals surface area contributed by atoms with Crippen LogP contribution in [0.3, 0.4) is 0 Å². The molecule has 1 aliphatic heterocycles. The number of rotatable bonds is 6. The highest BCUT2D eigenvalue weighted by Crippen LogP contribution is 2.28. The normalized spacial score (nSPS) is 14.3. The maximum atomic E-state index is 13.1. The maximum Gasteiger partial charge on any atom is 0.168 e. The van der Waals surface area contributed by atoms with Gasteiger partial charge in [0.05, 0.1) is 29.5 Å². The Morgan fingerprint density at radius 1 is 1.03 bits per heavy atom. The Labute approximate surface area is 185 Å². The zero-order chi connectivity index (χ0) is 22.1. The molecule has 5 rings (SSSR count). The monoisotopic (exact) mass is 429 g/mol. The summed E-state index contributed by atoms with van der Waals surface area (Å²) < 4.78 is 15.1. The Morgan fingerprint density at radius 3 is 2.59 bits per heavy atom. The number of fused-ring (bicyclic) bond motifs is 1. The second-order valence-electron chi connectivity index (χ2n) is 8.33. The fraction of sp³-hybridized carbons (Fsp3) is 0.280. The molecule has 2 aromatic carbocycles. The van der Waals surface area contributed by atoms with E-state index in [4.69, 9.17) is 0 Å². The highest BCUT2D eigenvalue weighted by atomic mass is 19.1. The Balaban J connectivity index is 1.43. The molecule has 1 fully saturated rings. The molecule has 0 aliphatic carbocycles. The number of carbonyl (C=O) groups excluding carboxylic acids is 1. The summed E-state index contributed by atoms with van der Waals surface area (Å²) in [7, 11) is 1.99. The molecule has 2 aromatic heterocycles. The van der Waals surface area contributed by atoms with Crippen molar-refractivity contribution < 1.29 is 9.18 Å². The van der Waals surface area contributed by atoms with Crippen molar-refractivity contribution in [1.29, 1.82) is 0 Å². The Kier molecular flexibility index (Phi) is 5.49. The number of benzene rings is 2. The van der Waals surface area contributed by atoms with E-state index >= 15 is 0 Å². The molecule has 0 bridgehead atoms. The van der Waals surface area contributed by atoms with Gasteiger partial charge in [0.1, 0.15) is 5.82 Å². The third kappa shape index (κ3) is 4.16. The number of halogens is 1. The van der Waals surface area contributed by atoms with E-state index in [9.17, 15) is 9.18 Å². The van der Waals surface area contributed by atoms with E-state index in [-0.39, 0.29) is 18.0 Å². The van der Waals surface area contributed by atoms with Crippen LogP contribution in [-0.2, 0) is 20.0 Å². The fourth-order valence-electron chi connectivity index (χ4n) is 4.29. The molecule has 0 atom stereocenters. The third-order valence-corrected chi connectivity index (χ3v) is 6.09. The van der Waals surface area contributed by atoms with Crippen LogP contribution in [-0.4, -0.2) is 43.8 Å². The second-order valence-corrected chi connectivity index (χ2v) is 8.33. The number of hydrogen-bond acceptors (Lipinski definition) is 5. The third-order valence-electron chi connectivity index (χ3n) is 6.09. The van der Waals surface area contributed by atoms with Crippen LogP contribution >= 0.6 is 0 Å². The van der Waals surface area contributed by atoms with Gasteiger partial charge in [0, 0.05) is 30.1 Å². The molecule has 162 valence electrons. The van der Waals surface area contributed by atoms with E-state index in [1.807, 2.05) is 36.1 Å². The minimum Gasteiger partial charge on any atom is -0.298 e. The summed E-state index contributed by atoms with van der Waals surface area (Å²) in [6.07, 6.45) is 4.54. The maximum absolute atomic E-state index is 13.1. The zero-order valence-corrected chi connectivity index (χ0v) is 18.0. The lowest BCUT2D eigenvalue weighted by atomic mass is 10.0. The molecule has 0 N–H and O–H groups in total. The summed E-state index contributed by atoms with van der Waals surface area (Å²) in [6, 6.07) is 13.6. The molecule has 1 saturated heterocycles. The van der Waals surface area contributed by atoms with Gasteiger partial charge in [0.2, 0.25) is 0 Å². The van der Waals surface area contributed by atoms with E-state index in [2.05, 4.69) is 26.3 Å². The average molecular weight is 429 g/mol. The van der Waals surface area contributed by atoms with E-state index in [1.165, 1.54) is 42.8 Å². The van der Waals surface area contributed by atoms with Gasteiger partial charge >= 0.3 is 0 Å². The molecular weight excluding hydrogens is 405 g/mol. The van der Waals surface area contributed by atoms with Crippen LogP contribution < -0.4 is 0 Å². The van der Waals surface area contributed by atoms with Gasteiger partial charge in [-0.1, -0.05) is 6.07 Å². The number of carbonyl (C=O) groups is 1. The van der Waals surface area contributed by atoms with Gasteiger partial charge in [-0.3, -0.25) is 14.4 Å². The predicted octanol–water partition coefficient (Wildman–Crippen LogP) is 4.19. The quantitative estimate of drug-likeness (QED) is 0.430. The van der Waals surface area contributed by atoms with Gasteiger partial charge in [-0.05, 0) is 74.0 Å². The standard InChI is InChI=1S/C25H24FN5O/c1-30-24(16-31-10-2-3-11-31)22(15-27-30)18-6-9-23-19(12-18)13-21(28-29-23)14-25(32)17-4-7-20(26)8-5-17/h4-9,12-13,15H,2-3,10-11,14,16H2,1H3. The number of aryl methyl sites for hydroxylation is 1. The zero-order valence-electron chi connectivity index (χ0n) is 18.0. The molecule has 0 radical (unpaired) electrons. The summed E-state index contributed by atoms with van der Waals surface area (Å²) in [6.45, 7) is 3.14. The number of nitrogens with zero attached hydrogens (tertiary/aromatic N) is 5. The van der Waals surface area contributed by atoms with E-state index in [1.54, 1.807) is 0 Å². The molecule has 4 aromatic rings. The summed E-state index contributed by atoms with van der Waals surface area (Å²) >= 11 is 0. The van der Waals surface area contributed by atoms with Crippen LogP contribution in [0.15, 0.2) is 54.7 Å². The Hall–Kier alpha value is -3.45. The number of hydrogen-bond donors (Lipinski definition) is 0. The lowest BCUT2D eigenvalue weighted by Crippen LogP contribution is -2.20. The molecule has 3 heterocycles. The number of likely N-dealkylation sites (tertiary alicyclic amines) is 1. The molecule has 0 saturated carbocycles. The predicted molar refractivity (Wildman–Crippen MR) is 121 cm³/mol. The Bertz CT molecular complexity index is 1280. The summed E-state index contributed by atoms with van der Waals surface area (Å²) in [5, 5.41) is 13.9. The van der Waals surface area contributed by atoms with Crippen LogP contribution in [0.5, 0.6) is 0 Å². The summed E-state index contributed by atoms with van der Waals surface area (Å²) in [5.74, 6) is -0.478. The van der Waals surface area contributed by atoms with Gasteiger partial charge in [-0.15, -0.1) is 0 Å². The highest BCUT2D eigenvalue weighted by molar-refractivity contribution is 5.97. The smallest absolute Gasteiger partial charge is 0.168 e. The topological polar surface area (TPSA) is 63.9 Å². The van der Waals surface area contributed by atoms with E-state index in [0.29, 0.717) is 11.3 Å². The van der Waals surface area contributed by atoms with Crippen molar-refractivity contribution in [3.8, 4) is 11.1 Å². The van der Waals surface area contributed by atoms with Crippen molar-refractivity contribution in [3.63, 3.8) is 0 Å². The number of aromatic nitrogens is 4. The first-order valence-corrected chi connectivity index (χ1v) is 10.9. The van der Waals surface area contributed by atoms with E-state index in [0.717, 1.165) is 41.7 Å². The highest BCUT2D eigenvalue weighted by Gasteiger charge is 2.18. The average Bonchev–Trinajstić information content (AvgIpc) is 3.44. The van der Waals surface area contributed by atoms with Crippen molar-refractivity contribution in [2.24, 2.45) is 7.05 Å². The molecule has 0 spiro atoms. The first-order chi connectivity index (χ1) is 15.6. The summed E-state index contributed by atoms with van der Waals surface area (Å²) in [5.41, 5.74) is 5.21. The van der Waals surface area contributed by atoms with Gasteiger partial charge in [-0.25, -0.2) is 4.39 Å². The van der Waals surface area contributed by atoms with E-state index < -0.39 is 0 Å². The second kappa shape index (κ2) is 8.59. The molecule has 0 unspecified atom stereocenters. The summed E-state index contributed by atoms with van der Waals surface area (Å²) in [4.78, 5) is 15.0. The van der Waals surface area contributed by atoms with Crippen molar-refractivity contribution >= 4 is 16.7 Å². The van der Waals surface area contributed by atoms with Crippen LogP contribution in [0.4, 0.5) is 4.39 Å². The first kappa shape index (κ1) is 20.5. The minimum absolute atomic E-state index is 0.116. The Morgan fingerprint density at radius 2 is 1.81 bits per heavy atom. The molecule has 0 amide bonds. The molecule has 6 nitrogen and oxygen atoms in total. The molecule has 1 aliphatic rings. The lowest BCUT2D eigenvalue weighted by Gasteiger charge is -2.16. The SMILES string of the molecule is Cn1ncc(-c2ccc3nnc(CC(=O)c4ccc(F)cc4)cc3c2)c1CN1CCCC1. The van der Waals surface area contributed by atoms with Crippen LogP contribution in [0.2, 0.25) is 0 Å². The van der Waals surface area contributed by atoms with Gasteiger partial charge < -0.3 is 0 Å². The lowest BCUT2D eigenvalue weighted by molar-refractivity contribution is 0.0991. The largest absolute Gasteiger partial charge is 0.298 e. The first-order valence-electron chi connectivity index (χ1n) is 10.9. The van der Waals surface area contributed by atoms with Crippen LogP contribution in [0.1, 0.15) is 34.6 Å². The molecule has 7 heteroatoms. The fourth-order valence-corrected chi connectivity index (χ4v) is 4.29. The van der Waals surface area contributed by atoms with Crippen LogP contribution in [0, 0.1) is 5.82 Å². The molecular formula is C25H24FN5O. The minimum atomic E-state index is -0.362. The number of Topliss-reactive ketones (excluding diaryl/α,β-unsaturated/α-hetero) is 1. The van der Waals surface area contributed by atoms with Crippen molar-refractivity contribution in [1.82, 2.24) is 24.9 Å². The van der Waals surface area contributed by atoms with Gasteiger partial charge in [0.25, 0.3) is 0 Å². The van der Waals surface area contributed by atoms with Gasteiger partial charge in [-0.2, -0.15) is 15.3 Å². The number of ketones is 1. The van der Waals surface area contributed by atoms with Crippen molar-refractivity contribution in [3.05, 3.63) is 77.5 Å². The van der Waals surface area contributed by atoms with Crippen molar-refractivity contribution in [2.75, 3.05) is 13.1 Å². The van der Waals surface area contributed by atoms with Gasteiger partial charge in [0.15, 0.2) is 5.78 Å². The van der Waals surface area contributed by atoms with Crippen molar-refractivity contribution in [2.45, 2.75) is 25.8 Å². The van der Waals surface area contributed by atoms with Crippen LogP contribution in [0.25, 0.3) is 22.0 Å².